The number of rotatable bonds is 16. The Hall–Kier alpha value is -0.320. The van der Waals surface area contributed by atoms with E-state index < -0.39 is 30.7 Å². The van der Waals surface area contributed by atoms with Gasteiger partial charge in [0, 0.05) is 19.6 Å². The predicted molar refractivity (Wildman–Crippen MR) is 96.2 cm³/mol. The summed E-state index contributed by atoms with van der Waals surface area (Å²) in [6.07, 6.45) is -2.90. The van der Waals surface area contributed by atoms with Crippen LogP contribution in [0, 0.1) is 11.8 Å². The van der Waals surface area contributed by atoms with Gasteiger partial charge in [-0.3, -0.25) is 0 Å². The summed E-state index contributed by atoms with van der Waals surface area (Å²) in [5.74, 6) is -0.624. The number of hydrogen-bond donors (Lipinski definition) is 7. The summed E-state index contributed by atoms with van der Waals surface area (Å²) in [5, 5.41) is 67.0. The first-order valence-corrected chi connectivity index (χ1v) is 9.48. The van der Waals surface area contributed by atoms with Crippen LogP contribution >= 0.6 is 0 Å². The molecule has 7 atom stereocenters. The van der Waals surface area contributed by atoms with Crippen LogP contribution in [0.5, 0.6) is 0 Å². The average Bonchev–Trinajstić information content (AvgIpc) is 2.62. The lowest BCUT2D eigenvalue weighted by Crippen LogP contribution is -2.35. The standard InChI is InChI=1S/C18H38O8/c1-12(17(24)14(21)5-3-8-19)7-10-26-16(23)11-13(2)18(25)15(22)6-4-9-20/h12-25H,3-11H2,1-2H3. The van der Waals surface area contributed by atoms with Crippen LogP contribution in [0.2, 0.25) is 0 Å². The molecule has 0 rings (SSSR count). The van der Waals surface area contributed by atoms with Crippen LogP contribution in [0.15, 0.2) is 0 Å². The normalized spacial score (nSPS) is 20.2. The Labute approximate surface area is 156 Å². The van der Waals surface area contributed by atoms with Crippen LogP contribution in [0.25, 0.3) is 0 Å². The molecule has 0 aromatic heterocycles. The van der Waals surface area contributed by atoms with Crippen molar-refractivity contribution >= 4 is 0 Å². The fourth-order valence-corrected chi connectivity index (χ4v) is 2.79. The first-order chi connectivity index (χ1) is 12.2. The largest absolute Gasteiger partial charge is 0.396 e. The summed E-state index contributed by atoms with van der Waals surface area (Å²) in [6, 6.07) is 0. The van der Waals surface area contributed by atoms with Gasteiger partial charge in [-0.2, -0.15) is 0 Å². The van der Waals surface area contributed by atoms with Gasteiger partial charge in [0.25, 0.3) is 0 Å². The van der Waals surface area contributed by atoms with Gasteiger partial charge >= 0.3 is 0 Å². The summed E-state index contributed by atoms with van der Waals surface area (Å²) in [4.78, 5) is 0. The van der Waals surface area contributed by atoms with E-state index in [-0.39, 0.29) is 44.5 Å². The average molecular weight is 382 g/mol. The molecule has 0 aliphatic heterocycles. The smallest absolute Gasteiger partial charge is 0.154 e. The minimum absolute atomic E-state index is 0.0355. The van der Waals surface area contributed by atoms with Crippen molar-refractivity contribution in [2.24, 2.45) is 11.8 Å². The van der Waals surface area contributed by atoms with Crippen LogP contribution in [-0.2, 0) is 4.74 Å². The van der Waals surface area contributed by atoms with E-state index >= 15 is 0 Å². The summed E-state index contributed by atoms with van der Waals surface area (Å²) in [5.41, 5.74) is 0. The molecule has 26 heavy (non-hydrogen) atoms. The van der Waals surface area contributed by atoms with Crippen LogP contribution in [0.4, 0.5) is 0 Å². The van der Waals surface area contributed by atoms with E-state index in [1.54, 1.807) is 13.8 Å². The van der Waals surface area contributed by atoms with Gasteiger partial charge in [-0.15, -0.1) is 0 Å². The van der Waals surface area contributed by atoms with Crippen LogP contribution in [0.3, 0.4) is 0 Å². The maximum atomic E-state index is 10.0. The molecule has 0 aromatic rings. The van der Waals surface area contributed by atoms with Crippen molar-refractivity contribution in [2.75, 3.05) is 19.8 Å². The molecule has 0 fully saturated rings. The number of hydrogen-bond acceptors (Lipinski definition) is 8. The molecule has 0 heterocycles. The Morgan fingerprint density at radius 3 is 1.62 bits per heavy atom. The molecule has 158 valence electrons. The van der Waals surface area contributed by atoms with Gasteiger partial charge in [-0.25, -0.2) is 0 Å². The minimum atomic E-state index is -1.10. The molecule has 0 amide bonds. The van der Waals surface area contributed by atoms with E-state index in [4.69, 9.17) is 14.9 Å². The lowest BCUT2D eigenvalue weighted by Gasteiger charge is -2.26. The fourth-order valence-electron chi connectivity index (χ4n) is 2.79. The van der Waals surface area contributed by atoms with Crippen molar-refractivity contribution in [3.63, 3.8) is 0 Å². The van der Waals surface area contributed by atoms with Crippen LogP contribution < -0.4 is 0 Å². The monoisotopic (exact) mass is 382 g/mol. The zero-order chi connectivity index (χ0) is 20.1. The summed E-state index contributed by atoms with van der Waals surface area (Å²) < 4.78 is 5.30. The van der Waals surface area contributed by atoms with Gasteiger partial charge < -0.3 is 40.5 Å². The van der Waals surface area contributed by atoms with E-state index in [0.717, 1.165) is 0 Å². The SMILES string of the molecule is CC(CCOC(O)CC(C)C(O)C(O)CCCO)C(O)C(O)CCCO. The summed E-state index contributed by atoms with van der Waals surface area (Å²) in [7, 11) is 0. The van der Waals surface area contributed by atoms with Crippen LogP contribution in [-0.4, -0.2) is 86.3 Å². The van der Waals surface area contributed by atoms with E-state index in [2.05, 4.69) is 0 Å². The van der Waals surface area contributed by atoms with Gasteiger partial charge in [0.05, 0.1) is 31.0 Å². The van der Waals surface area contributed by atoms with Gasteiger partial charge in [0.1, 0.15) is 0 Å². The molecule has 7 unspecified atom stereocenters. The Balaban J connectivity index is 4.08. The molecule has 0 radical (unpaired) electrons. The molecule has 0 saturated heterocycles. The number of ether oxygens (including phenoxy) is 1. The first-order valence-electron chi connectivity index (χ1n) is 9.48. The van der Waals surface area contributed by atoms with Crippen molar-refractivity contribution in [1.82, 2.24) is 0 Å². The van der Waals surface area contributed by atoms with Gasteiger partial charge in [0.2, 0.25) is 0 Å². The van der Waals surface area contributed by atoms with Gasteiger partial charge in [-0.05, 0) is 43.9 Å². The van der Waals surface area contributed by atoms with E-state index in [1.807, 2.05) is 0 Å². The Bertz CT molecular complexity index is 330. The van der Waals surface area contributed by atoms with Crippen molar-refractivity contribution in [3.05, 3.63) is 0 Å². The number of aliphatic hydroxyl groups excluding tert-OH is 7. The second-order valence-electron chi connectivity index (χ2n) is 7.15. The first kappa shape index (κ1) is 25.7. The molecular weight excluding hydrogens is 344 g/mol. The number of aliphatic hydroxyl groups is 7. The zero-order valence-corrected chi connectivity index (χ0v) is 15.9. The summed E-state index contributed by atoms with van der Waals surface area (Å²) >= 11 is 0. The highest BCUT2D eigenvalue weighted by atomic mass is 16.6. The molecule has 7 N–H and O–H groups in total. The molecule has 8 nitrogen and oxygen atoms in total. The van der Waals surface area contributed by atoms with E-state index in [0.29, 0.717) is 25.7 Å². The van der Waals surface area contributed by atoms with Gasteiger partial charge in [-0.1, -0.05) is 13.8 Å². The Kier molecular flexibility index (Phi) is 14.5. The highest BCUT2D eigenvalue weighted by molar-refractivity contribution is 4.75. The molecule has 0 saturated carbocycles. The maximum Gasteiger partial charge on any atom is 0.154 e. The molecule has 0 bridgehead atoms. The molecule has 0 aliphatic carbocycles. The third kappa shape index (κ3) is 10.7. The fraction of sp³-hybridized carbons (Fsp3) is 1.00. The Morgan fingerprint density at radius 2 is 1.15 bits per heavy atom. The molecule has 0 aliphatic rings. The van der Waals surface area contributed by atoms with E-state index in [1.165, 1.54) is 0 Å². The van der Waals surface area contributed by atoms with Gasteiger partial charge in [0.15, 0.2) is 6.29 Å². The van der Waals surface area contributed by atoms with Crippen molar-refractivity contribution in [2.45, 2.75) is 83.1 Å². The minimum Gasteiger partial charge on any atom is -0.396 e. The Morgan fingerprint density at radius 1 is 0.692 bits per heavy atom. The molecular formula is C18H38O8. The lowest BCUT2D eigenvalue weighted by molar-refractivity contribution is -0.130. The van der Waals surface area contributed by atoms with Crippen molar-refractivity contribution < 1.29 is 40.5 Å². The topological polar surface area (TPSA) is 151 Å². The quantitative estimate of drug-likeness (QED) is 0.174. The van der Waals surface area contributed by atoms with Crippen molar-refractivity contribution in [3.8, 4) is 0 Å². The van der Waals surface area contributed by atoms with Crippen molar-refractivity contribution in [1.29, 1.82) is 0 Å². The van der Waals surface area contributed by atoms with Crippen LogP contribution in [0.1, 0.15) is 52.4 Å². The molecule has 8 heteroatoms. The third-order valence-electron chi connectivity index (χ3n) is 4.73. The molecule has 0 aromatic carbocycles. The second-order valence-corrected chi connectivity index (χ2v) is 7.15. The third-order valence-corrected chi connectivity index (χ3v) is 4.73. The molecule has 0 spiro atoms. The zero-order valence-electron chi connectivity index (χ0n) is 15.9. The highest BCUT2D eigenvalue weighted by Crippen LogP contribution is 2.19. The van der Waals surface area contributed by atoms with E-state index in [9.17, 15) is 25.5 Å². The highest BCUT2D eigenvalue weighted by Gasteiger charge is 2.26. The second kappa shape index (κ2) is 14.7. The summed E-state index contributed by atoms with van der Waals surface area (Å²) in [6.45, 7) is 3.56. The maximum absolute atomic E-state index is 10.0. The predicted octanol–water partition coefficient (Wildman–Crippen LogP) is -0.638. The lowest BCUT2D eigenvalue weighted by atomic mass is 9.93.